The van der Waals surface area contributed by atoms with Crippen molar-refractivity contribution in [3.05, 3.63) is 179 Å². The number of halogens is 1. The summed E-state index contributed by atoms with van der Waals surface area (Å²) in [5, 5.41) is 2.68. The molecule has 67 heavy (non-hydrogen) atoms. The summed E-state index contributed by atoms with van der Waals surface area (Å²) in [6, 6.07) is 49.7. The quantitative estimate of drug-likeness (QED) is 0.130. The Kier molecular flexibility index (Phi) is 11.9. The summed E-state index contributed by atoms with van der Waals surface area (Å²) >= 11 is 1.93. The van der Waals surface area contributed by atoms with Gasteiger partial charge in [-0.2, -0.15) is 0 Å². The van der Waals surface area contributed by atoms with E-state index < -0.39 is 0 Å². The minimum absolute atomic E-state index is 0. The first-order chi connectivity index (χ1) is 31.3. The van der Waals surface area contributed by atoms with Crippen molar-refractivity contribution in [3.63, 3.8) is 0 Å². The molecular weight excluding hydrogens is 1020 g/mol. The normalized spacial score (nSPS) is 12.9. The molecular formula is C60H55BFIrN3S-2. The molecule has 6 aromatic carbocycles. The van der Waals surface area contributed by atoms with E-state index in [0.717, 1.165) is 28.1 Å². The summed E-state index contributed by atoms with van der Waals surface area (Å²) in [5.74, 6) is -0.275. The number of aromatic nitrogens is 3. The number of pyridine rings is 2. The van der Waals surface area contributed by atoms with Crippen LogP contribution in [0.2, 0.25) is 0 Å². The van der Waals surface area contributed by atoms with Gasteiger partial charge in [-0.05, 0) is 117 Å². The maximum absolute atomic E-state index is 12.7. The Morgan fingerprint density at radius 1 is 0.612 bits per heavy atom. The van der Waals surface area contributed by atoms with E-state index in [1.165, 1.54) is 99.2 Å². The van der Waals surface area contributed by atoms with Gasteiger partial charge in [0, 0.05) is 70.1 Å². The Labute approximate surface area is 414 Å². The molecule has 0 spiro atoms. The van der Waals surface area contributed by atoms with E-state index >= 15 is 0 Å². The smallest absolute Gasteiger partial charge is 0.249 e. The van der Waals surface area contributed by atoms with Crippen LogP contribution < -0.4 is 16.4 Å². The second kappa shape index (κ2) is 17.2. The van der Waals surface area contributed by atoms with Gasteiger partial charge in [-0.15, -0.1) is 59.7 Å². The van der Waals surface area contributed by atoms with Crippen LogP contribution >= 0.6 is 11.8 Å². The average Bonchev–Trinajstić information content (AvgIpc) is 3.62. The first-order valence-electron chi connectivity index (χ1n) is 23.0. The third-order valence-electron chi connectivity index (χ3n) is 13.5. The van der Waals surface area contributed by atoms with E-state index in [4.69, 9.17) is 0 Å². The van der Waals surface area contributed by atoms with Crippen LogP contribution in [0.1, 0.15) is 90.1 Å². The fourth-order valence-corrected chi connectivity index (χ4v) is 10.7. The van der Waals surface area contributed by atoms with Crippen LogP contribution in [-0.4, -0.2) is 21.2 Å². The molecule has 0 atom stereocenters. The molecule has 0 fully saturated rings. The molecule has 11 rings (SSSR count). The van der Waals surface area contributed by atoms with E-state index in [1.54, 1.807) is 6.07 Å². The molecule has 9 aromatic rings. The van der Waals surface area contributed by atoms with E-state index in [1.807, 2.05) is 56.2 Å². The molecule has 3 nitrogen and oxygen atoms in total. The summed E-state index contributed by atoms with van der Waals surface area (Å²) in [4.78, 5) is 11.7. The molecule has 0 amide bonds. The molecule has 2 aliphatic rings. The van der Waals surface area contributed by atoms with Gasteiger partial charge in [-0.1, -0.05) is 139 Å². The van der Waals surface area contributed by atoms with Crippen molar-refractivity contribution in [1.82, 2.24) is 14.5 Å². The molecule has 0 saturated carbocycles. The van der Waals surface area contributed by atoms with Crippen LogP contribution in [0.15, 0.2) is 144 Å². The number of rotatable bonds is 3. The molecule has 2 aliphatic heterocycles. The topological polar surface area (TPSA) is 30.7 Å². The number of benzene rings is 6. The third-order valence-corrected chi connectivity index (χ3v) is 14.7. The van der Waals surface area contributed by atoms with Crippen LogP contribution in [0.25, 0.3) is 61.1 Å². The van der Waals surface area contributed by atoms with Gasteiger partial charge in [0.2, 0.25) is 6.71 Å². The van der Waals surface area contributed by atoms with Crippen molar-refractivity contribution in [3.8, 4) is 39.3 Å². The van der Waals surface area contributed by atoms with Gasteiger partial charge in [0.15, 0.2) is 0 Å². The predicted octanol–water partition coefficient (Wildman–Crippen LogP) is 13.8. The van der Waals surface area contributed by atoms with Crippen molar-refractivity contribution < 1.29 is 24.5 Å². The summed E-state index contributed by atoms with van der Waals surface area (Å²) in [7, 11) is 0. The van der Waals surface area contributed by atoms with Crippen LogP contribution in [0.5, 0.6) is 0 Å². The summed E-state index contributed by atoms with van der Waals surface area (Å²) in [6.45, 7) is 25.2. The Morgan fingerprint density at radius 2 is 1.31 bits per heavy atom. The first kappa shape index (κ1) is 46.5. The first-order valence-corrected chi connectivity index (χ1v) is 23.8. The zero-order valence-corrected chi connectivity index (χ0v) is 43.5. The van der Waals surface area contributed by atoms with Crippen molar-refractivity contribution in [2.45, 2.75) is 102 Å². The van der Waals surface area contributed by atoms with E-state index in [9.17, 15) is 4.39 Å². The zero-order chi connectivity index (χ0) is 46.4. The summed E-state index contributed by atoms with van der Waals surface area (Å²) in [5.41, 5.74) is 20.7. The Bertz CT molecular complexity index is 3370. The summed E-state index contributed by atoms with van der Waals surface area (Å²) in [6.07, 6.45) is 3.68. The SMILES string of the molecule is CC(C)(C)c1ccc2c(c1)B1c3c(ccc(-c4cc[c-]c(-c5ccccn5)c4)c3-n3c4ccc(C(C)(C)C)cc4c4cc(C(C)(C)C)cc1c43)S2.Cc1cnc(-c2[c-]cc(F)cc2)cc1C.[Ir]. The molecule has 1 radical (unpaired) electrons. The van der Waals surface area contributed by atoms with Gasteiger partial charge >= 0.3 is 0 Å². The Hall–Kier alpha value is -5.59. The van der Waals surface area contributed by atoms with E-state index in [0.29, 0.717) is 0 Å². The predicted molar refractivity (Wildman–Crippen MR) is 278 cm³/mol. The third kappa shape index (κ3) is 8.43. The molecule has 0 unspecified atom stereocenters. The van der Waals surface area contributed by atoms with Crippen molar-refractivity contribution in [2.75, 3.05) is 0 Å². The van der Waals surface area contributed by atoms with Crippen LogP contribution in [0, 0.1) is 31.8 Å². The maximum atomic E-state index is 12.7. The largest absolute Gasteiger partial charge is 0.310 e. The number of aryl methyl sites for hydroxylation is 2. The molecule has 7 heteroatoms. The number of hydrogen-bond donors (Lipinski definition) is 0. The van der Waals surface area contributed by atoms with Gasteiger partial charge in [0.25, 0.3) is 0 Å². The second-order valence-corrected chi connectivity index (χ2v) is 22.3. The number of fused-ring (bicyclic) bond motifs is 7. The molecule has 5 heterocycles. The minimum Gasteiger partial charge on any atom is -0.310 e. The standard InChI is InChI=1S/C47H44BN2S.C13H11FN.Ir/c1-45(2,3)30-16-19-39-34(24-30)35-25-32(47(7,8)9)27-37-43(35)50(39)44-33(28-13-12-14-29(23-28)38-15-10-11-22-49-38)18-21-41-42(44)48(37)36-26-31(46(4,5)6)17-20-40(36)51-41;1-9-7-13(15-8-10(9)2)11-3-5-12(14)6-4-11;/h10-13,15-27H,1-9H3;3,5-8H,1-2H3;/q2*-1;. The fourth-order valence-electron chi connectivity index (χ4n) is 9.53. The second-order valence-electron chi connectivity index (χ2n) is 21.2. The molecule has 0 bridgehead atoms. The van der Waals surface area contributed by atoms with E-state index in [-0.39, 0.29) is 48.9 Å². The minimum atomic E-state index is -0.275. The number of nitrogens with zero attached hydrogens (tertiary/aromatic N) is 3. The Balaban J connectivity index is 0.000000300. The van der Waals surface area contributed by atoms with Gasteiger partial charge in [-0.25, -0.2) is 0 Å². The van der Waals surface area contributed by atoms with Crippen molar-refractivity contribution in [2.24, 2.45) is 0 Å². The molecule has 0 aliphatic carbocycles. The van der Waals surface area contributed by atoms with Crippen molar-refractivity contribution in [1.29, 1.82) is 0 Å². The maximum Gasteiger partial charge on any atom is 0.249 e. The fraction of sp³-hybridized carbons (Fsp3) is 0.233. The molecule has 0 N–H and O–H groups in total. The molecule has 0 saturated heterocycles. The van der Waals surface area contributed by atoms with Crippen LogP contribution in [0.4, 0.5) is 4.39 Å². The Morgan fingerprint density at radius 3 is 2.00 bits per heavy atom. The van der Waals surface area contributed by atoms with E-state index in [2.05, 4.69) is 174 Å². The van der Waals surface area contributed by atoms with Crippen LogP contribution in [0.3, 0.4) is 0 Å². The van der Waals surface area contributed by atoms with Gasteiger partial charge < -0.3 is 14.5 Å². The van der Waals surface area contributed by atoms with Gasteiger partial charge in [0.05, 0.1) is 5.52 Å². The average molecular weight is 1070 g/mol. The van der Waals surface area contributed by atoms with Crippen molar-refractivity contribution >= 4 is 56.7 Å². The molecule has 337 valence electrons. The monoisotopic (exact) mass is 1070 g/mol. The molecule has 3 aromatic heterocycles. The zero-order valence-electron chi connectivity index (χ0n) is 40.2. The number of hydrogen-bond acceptors (Lipinski definition) is 3. The van der Waals surface area contributed by atoms with Gasteiger partial charge in [-0.3, -0.25) is 4.39 Å². The van der Waals surface area contributed by atoms with Crippen LogP contribution in [-0.2, 0) is 36.4 Å². The summed E-state index contributed by atoms with van der Waals surface area (Å²) < 4.78 is 15.3. The van der Waals surface area contributed by atoms with Gasteiger partial charge in [0.1, 0.15) is 0 Å².